The highest BCUT2D eigenvalue weighted by molar-refractivity contribution is 5.94. The van der Waals surface area contributed by atoms with Crippen LogP contribution in [0.1, 0.15) is 38.3 Å². The maximum atomic E-state index is 12.1. The maximum Gasteiger partial charge on any atom is 0.224 e. The molecule has 1 aliphatic rings. The van der Waals surface area contributed by atoms with Crippen LogP contribution in [0.2, 0.25) is 0 Å². The number of amides is 2. The largest absolute Gasteiger partial charge is 0.356 e. The lowest BCUT2D eigenvalue weighted by molar-refractivity contribution is -0.119. The fourth-order valence-electron chi connectivity index (χ4n) is 2.60. The molecule has 0 unspecified atom stereocenters. The number of anilines is 2. The van der Waals surface area contributed by atoms with Crippen LogP contribution in [-0.4, -0.2) is 41.2 Å². The molecule has 1 aromatic heterocycles. The fourth-order valence-corrected chi connectivity index (χ4v) is 2.60. The molecule has 0 saturated carbocycles. The van der Waals surface area contributed by atoms with Crippen molar-refractivity contribution < 1.29 is 9.59 Å². The zero-order chi connectivity index (χ0) is 16.1. The summed E-state index contributed by atoms with van der Waals surface area (Å²) in [6.45, 7) is 5.93. The summed E-state index contributed by atoms with van der Waals surface area (Å²) in [5.74, 6) is 0.759. The first-order valence-electron chi connectivity index (χ1n) is 7.82. The minimum absolute atomic E-state index is 0.0399. The van der Waals surface area contributed by atoms with E-state index in [2.05, 4.69) is 20.6 Å². The number of hydrogen-bond donors (Lipinski definition) is 2. The molecule has 0 bridgehead atoms. The Morgan fingerprint density at radius 2 is 1.95 bits per heavy atom. The molecule has 1 saturated heterocycles. The average molecular weight is 307 g/mol. The number of nitrogens with zero attached hydrogens (tertiary/aromatic N) is 3. The van der Waals surface area contributed by atoms with Crippen molar-refractivity contribution in [2.24, 2.45) is 7.05 Å². The number of carbonyl (C=O) groups is 2. The molecule has 2 amide bonds. The highest BCUT2D eigenvalue weighted by Crippen LogP contribution is 2.30. The van der Waals surface area contributed by atoms with Crippen LogP contribution in [0.4, 0.5) is 11.5 Å². The minimum atomic E-state index is -0.0696. The Morgan fingerprint density at radius 1 is 1.27 bits per heavy atom. The lowest BCUT2D eigenvalue weighted by Gasteiger charge is -2.16. The molecule has 0 radical (unpaired) electrons. The van der Waals surface area contributed by atoms with E-state index in [-0.39, 0.29) is 11.8 Å². The van der Waals surface area contributed by atoms with Gasteiger partial charge >= 0.3 is 0 Å². The fraction of sp³-hybridized carbons (Fsp3) is 0.667. The van der Waals surface area contributed by atoms with E-state index >= 15 is 0 Å². The Hall–Kier alpha value is -2.05. The van der Waals surface area contributed by atoms with Crippen molar-refractivity contribution >= 4 is 23.3 Å². The van der Waals surface area contributed by atoms with Gasteiger partial charge in [0.15, 0.2) is 5.82 Å². The van der Waals surface area contributed by atoms with Gasteiger partial charge in [-0.3, -0.25) is 14.3 Å². The van der Waals surface area contributed by atoms with E-state index in [1.807, 2.05) is 14.0 Å². The summed E-state index contributed by atoms with van der Waals surface area (Å²) in [4.78, 5) is 25.1. The van der Waals surface area contributed by atoms with Crippen LogP contribution < -0.4 is 15.5 Å². The van der Waals surface area contributed by atoms with Crippen molar-refractivity contribution in [2.75, 3.05) is 29.9 Å². The number of carbonyl (C=O) groups excluding carboxylic acids is 2. The lowest BCUT2D eigenvalue weighted by atomic mass is 10.2. The van der Waals surface area contributed by atoms with Crippen molar-refractivity contribution in [1.29, 1.82) is 0 Å². The third-order valence-electron chi connectivity index (χ3n) is 3.94. The summed E-state index contributed by atoms with van der Waals surface area (Å²) < 4.78 is 1.81. The second kappa shape index (κ2) is 7.29. The van der Waals surface area contributed by atoms with Crippen LogP contribution in [0, 0.1) is 6.92 Å². The van der Waals surface area contributed by atoms with Gasteiger partial charge < -0.3 is 15.5 Å². The normalized spacial score (nSPS) is 14.2. The molecule has 2 heterocycles. The Morgan fingerprint density at radius 3 is 2.59 bits per heavy atom. The molecule has 2 N–H and O–H groups in total. The monoisotopic (exact) mass is 307 g/mol. The zero-order valence-electron chi connectivity index (χ0n) is 13.6. The first-order valence-corrected chi connectivity index (χ1v) is 7.82. The number of aryl methyl sites for hydroxylation is 1. The molecule has 1 aliphatic heterocycles. The molecule has 0 aromatic carbocycles. The second-order valence-corrected chi connectivity index (χ2v) is 5.74. The first-order chi connectivity index (χ1) is 10.5. The first kappa shape index (κ1) is 16.3. The van der Waals surface area contributed by atoms with Crippen LogP contribution in [0.3, 0.4) is 0 Å². The molecular weight excluding hydrogens is 282 g/mol. The molecule has 0 aliphatic carbocycles. The van der Waals surface area contributed by atoms with Gasteiger partial charge in [-0.1, -0.05) is 0 Å². The average Bonchev–Trinajstić information content (AvgIpc) is 3.07. The zero-order valence-corrected chi connectivity index (χ0v) is 13.6. The smallest absolute Gasteiger partial charge is 0.224 e. The van der Waals surface area contributed by atoms with Crippen LogP contribution >= 0.6 is 0 Å². The van der Waals surface area contributed by atoms with Crippen LogP contribution in [0.15, 0.2) is 0 Å². The van der Waals surface area contributed by atoms with E-state index in [0.717, 1.165) is 30.3 Å². The van der Waals surface area contributed by atoms with Crippen LogP contribution in [0.5, 0.6) is 0 Å². The predicted molar refractivity (Wildman–Crippen MR) is 85.9 cm³/mol. The molecule has 2 rings (SSSR count). The Bertz CT molecular complexity index is 546. The molecule has 0 spiro atoms. The van der Waals surface area contributed by atoms with E-state index in [1.165, 1.54) is 19.8 Å². The Balaban J connectivity index is 1.96. The number of rotatable bonds is 6. The number of aromatic nitrogens is 2. The summed E-state index contributed by atoms with van der Waals surface area (Å²) in [7, 11) is 1.89. The molecule has 22 heavy (non-hydrogen) atoms. The summed E-state index contributed by atoms with van der Waals surface area (Å²) >= 11 is 0. The van der Waals surface area contributed by atoms with Gasteiger partial charge in [-0.15, -0.1) is 0 Å². The van der Waals surface area contributed by atoms with E-state index in [1.54, 1.807) is 4.68 Å². The summed E-state index contributed by atoms with van der Waals surface area (Å²) in [5.41, 5.74) is 1.77. The Kier molecular flexibility index (Phi) is 5.41. The maximum absolute atomic E-state index is 12.1. The molecule has 0 atom stereocenters. The molecule has 122 valence electrons. The van der Waals surface area contributed by atoms with Gasteiger partial charge in [-0.25, -0.2) is 0 Å². The second-order valence-electron chi connectivity index (χ2n) is 5.74. The standard InChI is InChI=1S/C15H25N5O2/c1-11-14(17-13(22)7-6-8-16-12(2)21)15(18-19(11)3)20-9-4-5-10-20/h4-10H2,1-3H3,(H,16,21)(H,17,22). The van der Waals surface area contributed by atoms with Crippen molar-refractivity contribution in [3.63, 3.8) is 0 Å². The van der Waals surface area contributed by atoms with Crippen molar-refractivity contribution in [2.45, 2.75) is 39.5 Å². The van der Waals surface area contributed by atoms with Crippen molar-refractivity contribution in [3.8, 4) is 0 Å². The van der Waals surface area contributed by atoms with E-state index in [9.17, 15) is 9.59 Å². The van der Waals surface area contributed by atoms with Gasteiger partial charge in [0.1, 0.15) is 5.69 Å². The quantitative estimate of drug-likeness (QED) is 0.774. The SMILES string of the molecule is CC(=O)NCCCC(=O)Nc1c(N2CCCC2)nn(C)c1C. The molecule has 1 aromatic rings. The van der Waals surface area contributed by atoms with Crippen LogP contribution in [-0.2, 0) is 16.6 Å². The van der Waals surface area contributed by atoms with E-state index in [4.69, 9.17) is 0 Å². The van der Waals surface area contributed by atoms with Gasteiger partial charge in [0.2, 0.25) is 11.8 Å². The summed E-state index contributed by atoms with van der Waals surface area (Å²) in [5, 5.41) is 10.2. The van der Waals surface area contributed by atoms with Crippen molar-refractivity contribution in [3.05, 3.63) is 5.69 Å². The van der Waals surface area contributed by atoms with Gasteiger partial charge in [-0.2, -0.15) is 5.10 Å². The van der Waals surface area contributed by atoms with Crippen molar-refractivity contribution in [1.82, 2.24) is 15.1 Å². The third kappa shape index (κ3) is 3.99. The summed E-state index contributed by atoms with van der Waals surface area (Å²) in [6, 6.07) is 0. The lowest BCUT2D eigenvalue weighted by Crippen LogP contribution is -2.23. The van der Waals surface area contributed by atoms with Crippen LogP contribution in [0.25, 0.3) is 0 Å². The topological polar surface area (TPSA) is 79.3 Å². The number of hydrogen-bond acceptors (Lipinski definition) is 4. The molecule has 1 fully saturated rings. The Labute approximate surface area is 131 Å². The minimum Gasteiger partial charge on any atom is -0.356 e. The van der Waals surface area contributed by atoms with E-state index in [0.29, 0.717) is 19.4 Å². The highest BCUT2D eigenvalue weighted by atomic mass is 16.2. The predicted octanol–water partition coefficient (Wildman–Crippen LogP) is 1.18. The van der Waals surface area contributed by atoms with Gasteiger partial charge in [0.05, 0.1) is 5.69 Å². The van der Waals surface area contributed by atoms with E-state index < -0.39 is 0 Å². The molecular formula is C15H25N5O2. The third-order valence-corrected chi connectivity index (χ3v) is 3.94. The van der Waals surface area contributed by atoms with Gasteiger partial charge in [0, 0.05) is 40.0 Å². The number of nitrogens with one attached hydrogen (secondary N) is 2. The molecule has 7 nitrogen and oxygen atoms in total. The summed E-state index contributed by atoms with van der Waals surface area (Å²) in [6.07, 6.45) is 3.34. The molecule has 7 heteroatoms. The van der Waals surface area contributed by atoms with Gasteiger partial charge in [0.25, 0.3) is 0 Å². The highest BCUT2D eigenvalue weighted by Gasteiger charge is 2.22. The van der Waals surface area contributed by atoms with Gasteiger partial charge in [-0.05, 0) is 26.2 Å².